The SMILES string of the molecule is CCC1CCC(C=CC#Cc2cc(F)c(F)c(F)c2)CC1. The highest BCUT2D eigenvalue weighted by Gasteiger charge is 2.17. The first kappa shape index (κ1) is 15.7. The molecule has 0 amide bonds. The van der Waals surface area contributed by atoms with Crippen LogP contribution in [-0.4, -0.2) is 0 Å². The van der Waals surface area contributed by atoms with Crippen LogP contribution in [0.5, 0.6) is 0 Å². The lowest BCUT2D eigenvalue weighted by atomic mass is 9.81. The van der Waals surface area contributed by atoms with Crippen LogP contribution in [0.15, 0.2) is 24.3 Å². The molecule has 2 rings (SSSR count). The summed E-state index contributed by atoms with van der Waals surface area (Å²) in [4.78, 5) is 0. The van der Waals surface area contributed by atoms with Gasteiger partial charge in [-0.1, -0.05) is 31.3 Å². The minimum Gasteiger partial charge on any atom is -0.204 e. The Morgan fingerprint density at radius 3 is 2.29 bits per heavy atom. The molecule has 0 aromatic heterocycles. The van der Waals surface area contributed by atoms with Crippen molar-refractivity contribution in [2.75, 3.05) is 0 Å². The molecular weight excluding hydrogens is 273 g/mol. The predicted octanol–water partition coefficient (Wildman–Crippen LogP) is 5.23. The van der Waals surface area contributed by atoms with E-state index < -0.39 is 17.5 Å². The van der Waals surface area contributed by atoms with Gasteiger partial charge in [-0.05, 0) is 55.7 Å². The average Bonchev–Trinajstić information content (AvgIpc) is 2.49. The van der Waals surface area contributed by atoms with Crippen molar-refractivity contribution in [3.05, 3.63) is 47.3 Å². The summed E-state index contributed by atoms with van der Waals surface area (Å²) in [6, 6.07) is 1.82. The van der Waals surface area contributed by atoms with Gasteiger partial charge in [-0.25, -0.2) is 13.2 Å². The van der Waals surface area contributed by atoms with Crippen LogP contribution in [0.3, 0.4) is 0 Å². The smallest absolute Gasteiger partial charge is 0.194 e. The molecule has 1 aromatic carbocycles. The zero-order valence-corrected chi connectivity index (χ0v) is 12.1. The van der Waals surface area contributed by atoms with Crippen molar-refractivity contribution in [2.24, 2.45) is 11.8 Å². The Morgan fingerprint density at radius 2 is 1.71 bits per heavy atom. The molecule has 0 aliphatic heterocycles. The summed E-state index contributed by atoms with van der Waals surface area (Å²) in [5.74, 6) is 2.92. The second kappa shape index (κ2) is 7.36. The normalized spacial score (nSPS) is 22.1. The van der Waals surface area contributed by atoms with E-state index in [9.17, 15) is 13.2 Å². The van der Waals surface area contributed by atoms with Gasteiger partial charge in [-0.2, -0.15) is 0 Å². The minimum absolute atomic E-state index is 0.144. The average molecular weight is 292 g/mol. The van der Waals surface area contributed by atoms with E-state index in [2.05, 4.69) is 24.8 Å². The molecule has 1 aliphatic carbocycles. The molecule has 1 aromatic rings. The monoisotopic (exact) mass is 292 g/mol. The fraction of sp³-hybridized carbons (Fsp3) is 0.444. The first-order chi connectivity index (χ1) is 10.1. The number of rotatable bonds is 2. The highest BCUT2D eigenvalue weighted by Crippen LogP contribution is 2.31. The van der Waals surface area contributed by atoms with Crippen molar-refractivity contribution in [3.8, 4) is 11.8 Å². The van der Waals surface area contributed by atoms with E-state index in [1.54, 1.807) is 6.08 Å². The standard InChI is InChI=1S/C18H19F3/c1-2-13-7-9-14(10-8-13)5-3-4-6-15-11-16(19)18(21)17(20)12-15/h3,5,11-14H,2,7-10H2,1H3. The van der Waals surface area contributed by atoms with Gasteiger partial charge in [0.25, 0.3) is 0 Å². The number of hydrogen-bond acceptors (Lipinski definition) is 0. The quantitative estimate of drug-likeness (QED) is 0.517. The molecule has 0 atom stereocenters. The Hall–Kier alpha value is -1.69. The predicted molar refractivity (Wildman–Crippen MR) is 78.1 cm³/mol. The summed E-state index contributed by atoms with van der Waals surface area (Å²) in [6.45, 7) is 2.23. The van der Waals surface area contributed by atoms with Crippen LogP contribution >= 0.6 is 0 Å². The maximum atomic E-state index is 13.0. The first-order valence-electron chi connectivity index (χ1n) is 7.43. The third kappa shape index (κ3) is 4.39. The van der Waals surface area contributed by atoms with Crippen molar-refractivity contribution in [2.45, 2.75) is 39.0 Å². The molecule has 1 aliphatic rings. The molecule has 0 N–H and O–H groups in total. The summed E-state index contributed by atoms with van der Waals surface area (Å²) in [7, 11) is 0. The van der Waals surface area contributed by atoms with Gasteiger partial charge < -0.3 is 0 Å². The van der Waals surface area contributed by atoms with E-state index in [4.69, 9.17) is 0 Å². The molecule has 0 radical (unpaired) electrons. The molecule has 3 heteroatoms. The molecular formula is C18H19F3. The zero-order valence-electron chi connectivity index (χ0n) is 12.1. The minimum atomic E-state index is -1.45. The van der Waals surface area contributed by atoms with Gasteiger partial charge in [0.15, 0.2) is 17.5 Å². The van der Waals surface area contributed by atoms with E-state index in [1.807, 2.05) is 0 Å². The fourth-order valence-electron chi connectivity index (χ4n) is 2.73. The van der Waals surface area contributed by atoms with Crippen LogP contribution < -0.4 is 0 Å². The largest absolute Gasteiger partial charge is 0.204 e. The Kier molecular flexibility index (Phi) is 5.50. The van der Waals surface area contributed by atoms with E-state index in [-0.39, 0.29) is 5.56 Å². The maximum Gasteiger partial charge on any atom is 0.194 e. The van der Waals surface area contributed by atoms with Crippen LogP contribution in [0, 0.1) is 41.1 Å². The van der Waals surface area contributed by atoms with Crippen molar-refractivity contribution in [3.63, 3.8) is 0 Å². The highest BCUT2D eigenvalue weighted by atomic mass is 19.2. The van der Waals surface area contributed by atoms with Gasteiger partial charge in [0, 0.05) is 5.56 Å². The molecule has 112 valence electrons. The molecule has 0 unspecified atom stereocenters. The number of benzene rings is 1. The Balaban J connectivity index is 1.93. The summed E-state index contributed by atoms with van der Waals surface area (Å²) >= 11 is 0. The van der Waals surface area contributed by atoms with E-state index in [0.717, 1.165) is 18.1 Å². The van der Waals surface area contributed by atoms with Gasteiger partial charge in [-0.15, -0.1) is 0 Å². The lowest BCUT2D eigenvalue weighted by molar-refractivity contribution is 0.304. The molecule has 0 spiro atoms. The van der Waals surface area contributed by atoms with E-state index in [0.29, 0.717) is 5.92 Å². The number of hydrogen-bond donors (Lipinski definition) is 0. The number of allylic oxidation sites excluding steroid dienone is 2. The summed E-state index contributed by atoms with van der Waals surface area (Å²) in [5.41, 5.74) is 0.144. The van der Waals surface area contributed by atoms with Gasteiger partial charge >= 0.3 is 0 Å². The van der Waals surface area contributed by atoms with Crippen molar-refractivity contribution >= 4 is 0 Å². The first-order valence-corrected chi connectivity index (χ1v) is 7.43. The van der Waals surface area contributed by atoms with Crippen molar-refractivity contribution in [1.82, 2.24) is 0 Å². The molecule has 0 saturated heterocycles. The Bertz CT molecular complexity index is 547. The zero-order chi connectivity index (χ0) is 15.2. The van der Waals surface area contributed by atoms with Crippen LogP contribution in [0.1, 0.15) is 44.6 Å². The Morgan fingerprint density at radius 1 is 1.10 bits per heavy atom. The van der Waals surface area contributed by atoms with Gasteiger partial charge in [-0.3, -0.25) is 0 Å². The van der Waals surface area contributed by atoms with Crippen LogP contribution in [0.2, 0.25) is 0 Å². The molecule has 21 heavy (non-hydrogen) atoms. The second-order valence-corrected chi connectivity index (χ2v) is 5.57. The van der Waals surface area contributed by atoms with Gasteiger partial charge in [0.2, 0.25) is 0 Å². The summed E-state index contributed by atoms with van der Waals surface area (Å²) in [5, 5.41) is 0. The molecule has 0 heterocycles. The Labute approximate surface area is 124 Å². The van der Waals surface area contributed by atoms with Crippen molar-refractivity contribution in [1.29, 1.82) is 0 Å². The lowest BCUT2D eigenvalue weighted by Crippen LogP contribution is -2.11. The van der Waals surface area contributed by atoms with Gasteiger partial charge in [0.1, 0.15) is 0 Å². The van der Waals surface area contributed by atoms with Crippen molar-refractivity contribution < 1.29 is 13.2 Å². The topological polar surface area (TPSA) is 0 Å². The molecule has 0 bridgehead atoms. The lowest BCUT2D eigenvalue weighted by Gasteiger charge is -2.25. The number of halogens is 3. The van der Waals surface area contributed by atoms with E-state index >= 15 is 0 Å². The molecule has 1 fully saturated rings. The van der Waals surface area contributed by atoms with Gasteiger partial charge in [0.05, 0.1) is 0 Å². The molecule has 0 nitrogen and oxygen atoms in total. The van der Waals surface area contributed by atoms with Crippen LogP contribution in [0.25, 0.3) is 0 Å². The third-order valence-electron chi connectivity index (χ3n) is 4.12. The fourth-order valence-corrected chi connectivity index (χ4v) is 2.73. The van der Waals surface area contributed by atoms with Crippen LogP contribution in [0.4, 0.5) is 13.2 Å². The highest BCUT2D eigenvalue weighted by molar-refractivity contribution is 5.37. The van der Waals surface area contributed by atoms with E-state index in [1.165, 1.54) is 32.1 Å². The molecule has 1 saturated carbocycles. The van der Waals surface area contributed by atoms with Crippen LogP contribution in [-0.2, 0) is 0 Å². The third-order valence-corrected chi connectivity index (χ3v) is 4.12. The second-order valence-electron chi connectivity index (χ2n) is 5.57. The summed E-state index contributed by atoms with van der Waals surface area (Å²) in [6.07, 6.45) is 9.91. The maximum absolute atomic E-state index is 13.0. The summed E-state index contributed by atoms with van der Waals surface area (Å²) < 4.78 is 38.8.